The van der Waals surface area contributed by atoms with E-state index in [0.29, 0.717) is 19.5 Å². The molecule has 1 aliphatic rings. The summed E-state index contributed by atoms with van der Waals surface area (Å²) >= 11 is 0. The van der Waals surface area contributed by atoms with Crippen molar-refractivity contribution < 1.29 is 14.3 Å². The molecular weight excluding hydrogens is 199 g/mol. The van der Waals surface area contributed by atoms with Gasteiger partial charge in [-0.2, -0.15) is 4.39 Å². The molecule has 2 heterocycles. The first kappa shape index (κ1) is 10.0. The number of hydrogen-bond donors (Lipinski definition) is 1. The Hall–Kier alpha value is -1.49. The number of aliphatic hydroxyl groups excluding tert-OH is 1. The third kappa shape index (κ3) is 2.12. The summed E-state index contributed by atoms with van der Waals surface area (Å²) < 4.78 is 12.8. The third-order valence-electron chi connectivity index (χ3n) is 2.42. The molecule has 1 atom stereocenters. The smallest absolute Gasteiger partial charge is 0.254 e. The molecule has 5 heteroatoms. The quantitative estimate of drug-likeness (QED) is 0.684. The van der Waals surface area contributed by atoms with Gasteiger partial charge < -0.3 is 10.0 Å². The van der Waals surface area contributed by atoms with Crippen molar-refractivity contribution in [1.29, 1.82) is 0 Å². The van der Waals surface area contributed by atoms with Crippen LogP contribution in [0.25, 0.3) is 0 Å². The van der Waals surface area contributed by atoms with Gasteiger partial charge in [0.15, 0.2) is 0 Å². The van der Waals surface area contributed by atoms with E-state index < -0.39 is 12.1 Å². The summed E-state index contributed by atoms with van der Waals surface area (Å²) in [5.41, 5.74) is 0.275. The fourth-order valence-electron chi connectivity index (χ4n) is 1.64. The van der Waals surface area contributed by atoms with Crippen molar-refractivity contribution in [3.05, 3.63) is 29.8 Å². The van der Waals surface area contributed by atoms with Gasteiger partial charge in [0, 0.05) is 30.9 Å². The van der Waals surface area contributed by atoms with Crippen molar-refractivity contribution >= 4 is 5.91 Å². The topological polar surface area (TPSA) is 53.4 Å². The molecule has 1 aromatic rings. The van der Waals surface area contributed by atoms with Gasteiger partial charge in [-0.1, -0.05) is 0 Å². The second kappa shape index (κ2) is 3.94. The summed E-state index contributed by atoms with van der Waals surface area (Å²) in [6.45, 7) is 0.840. The van der Waals surface area contributed by atoms with E-state index in [-0.39, 0.29) is 11.5 Å². The summed E-state index contributed by atoms with van der Waals surface area (Å²) in [6.07, 6.45) is 1.38. The Balaban J connectivity index is 2.14. The van der Waals surface area contributed by atoms with Crippen LogP contribution in [0.3, 0.4) is 0 Å². The van der Waals surface area contributed by atoms with E-state index >= 15 is 0 Å². The maximum absolute atomic E-state index is 12.8. The summed E-state index contributed by atoms with van der Waals surface area (Å²) in [7, 11) is 0. The summed E-state index contributed by atoms with van der Waals surface area (Å²) in [4.78, 5) is 16.7. The molecule has 0 radical (unpaired) electrons. The van der Waals surface area contributed by atoms with Gasteiger partial charge in [-0.15, -0.1) is 0 Å². The normalized spacial score (nSPS) is 20.7. The highest BCUT2D eigenvalue weighted by molar-refractivity contribution is 5.94. The molecule has 4 nitrogen and oxygen atoms in total. The number of aromatic nitrogens is 1. The number of β-amino-alcohol motifs (C(OH)–C–C–N with tert-alkyl or cyclic N) is 1. The van der Waals surface area contributed by atoms with Crippen LogP contribution in [0.4, 0.5) is 4.39 Å². The molecule has 0 bridgehead atoms. The van der Waals surface area contributed by atoms with Crippen LogP contribution < -0.4 is 0 Å². The average Bonchev–Trinajstić information content (AvgIpc) is 2.64. The number of carbonyl (C=O) groups excluding carboxylic acids is 1. The van der Waals surface area contributed by atoms with Gasteiger partial charge in [-0.3, -0.25) is 4.79 Å². The molecule has 1 amide bonds. The number of amides is 1. The number of rotatable bonds is 1. The lowest BCUT2D eigenvalue weighted by Gasteiger charge is -2.15. The van der Waals surface area contributed by atoms with E-state index in [1.165, 1.54) is 17.2 Å². The van der Waals surface area contributed by atoms with E-state index in [1.54, 1.807) is 0 Å². The second-order valence-corrected chi connectivity index (χ2v) is 3.56. The molecule has 0 aliphatic carbocycles. The van der Waals surface area contributed by atoms with E-state index in [2.05, 4.69) is 4.98 Å². The molecule has 80 valence electrons. The molecule has 1 saturated heterocycles. The van der Waals surface area contributed by atoms with Gasteiger partial charge in [0.2, 0.25) is 5.95 Å². The third-order valence-corrected chi connectivity index (χ3v) is 2.42. The highest BCUT2D eigenvalue weighted by Gasteiger charge is 2.25. The first-order valence-corrected chi connectivity index (χ1v) is 4.76. The predicted octanol–water partition coefficient (Wildman–Crippen LogP) is 0.428. The first-order chi connectivity index (χ1) is 7.16. The second-order valence-electron chi connectivity index (χ2n) is 3.56. The number of hydrogen-bond acceptors (Lipinski definition) is 3. The lowest BCUT2D eigenvalue weighted by molar-refractivity contribution is 0.0764. The highest BCUT2D eigenvalue weighted by Crippen LogP contribution is 2.13. The van der Waals surface area contributed by atoms with Crippen molar-refractivity contribution in [1.82, 2.24) is 9.88 Å². The van der Waals surface area contributed by atoms with Crippen LogP contribution in [0.2, 0.25) is 0 Å². The fourth-order valence-corrected chi connectivity index (χ4v) is 1.64. The van der Waals surface area contributed by atoms with Crippen LogP contribution in [-0.2, 0) is 0 Å². The molecule has 0 saturated carbocycles. The summed E-state index contributed by atoms with van der Waals surface area (Å²) in [5.74, 6) is -0.923. The number of nitrogens with zero attached hydrogens (tertiary/aromatic N) is 2. The minimum absolute atomic E-state index is 0.257. The van der Waals surface area contributed by atoms with Crippen molar-refractivity contribution in [3.8, 4) is 0 Å². The van der Waals surface area contributed by atoms with Crippen LogP contribution >= 0.6 is 0 Å². The Kier molecular flexibility index (Phi) is 2.64. The predicted molar refractivity (Wildman–Crippen MR) is 50.7 cm³/mol. The Labute approximate surface area is 86.4 Å². The molecule has 1 fully saturated rings. The monoisotopic (exact) mass is 210 g/mol. The Morgan fingerprint density at radius 3 is 3.07 bits per heavy atom. The van der Waals surface area contributed by atoms with E-state index in [0.717, 1.165) is 6.07 Å². The number of carbonyl (C=O) groups is 1. The average molecular weight is 210 g/mol. The Morgan fingerprint density at radius 1 is 1.67 bits per heavy atom. The van der Waals surface area contributed by atoms with Crippen molar-refractivity contribution in [2.45, 2.75) is 12.5 Å². The van der Waals surface area contributed by atoms with Crippen LogP contribution in [0, 0.1) is 5.95 Å². The van der Waals surface area contributed by atoms with E-state index in [9.17, 15) is 14.3 Å². The van der Waals surface area contributed by atoms with Gasteiger partial charge in [-0.05, 0) is 12.5 Å². The van der Waals surface area contributed by atoms with Crippen LogP contribution in [0.5, 0.6) is 0 Å². The zero-order valence-electron chi connectivity index (χ0n) is 8.06. The van der Waals surface area contributed by atoms with Gasteiger partial charge in [0.25, 0.3) is 5.91 Å². The SMILES string of the molecule is O=C(c1ccnc(F)c1)N1CC[C@H](O)C1. The fraction of sp³-hybridized carbons (Fsp3) is 0.400. The molecule has 1 aliphatic heterocycles. The largest absolute Gasteiger partial charge is 0.391 e. The van der Waals surface area contributed by atoms with Crippen LogP contribution in [0.1, 0.15) is 16.8 Å². The Morgan fingerprint density at radius 2 is 2.47 bits per heavy atom. The molecular formula is C10H11FN2O2. The van der Waals surface area contributed by atoms with E-state index in [1.807, 2.05) is 0 Å². The zero-order valence-corrected chi connectivity index (χ0v) is 8.06. The van der Waals surface area contributed by atoms with Crippen molar-refractivity contribution in [3.63, 3.8) is 0 Å². The molecule has 15 heavy (non-hydrogen) atoms. The van der Waals surface area contributed by atoms with Gasteiger partial charge in [0.1, 0.15) is 0 Å². The summed E-state index contributed by atoms with van der Waals surface area (Å²) in [6, 6.07) is 2.57. The van der Waals surface area contributed by atoms with Gasteiger partial charge >= 0.3 is 0 Å². The van der Waals surface area contributed by atoms with E-state index in [4.69, 9.17) is 0 Å². The number of aliphatic hydroxyl groups is 1. The molecule has 0 spiro atoms. The molecule has 2 rings (SSSR count). The molecule has 1 aromatic heterocycles. The molecule has 1 N–H and O–H groups in total. The number of likely N-dealkylation sites (tertiary alicyclic amines) is 1. The van der Waals surface area contributed by atoms with Crippen LogP contribution in [0.15, 0.2) is 18.3 Å². The van der Waals surface area contributed by atoms with Gasteiger partial charge in [0.05, 0.1) is 6.10 Å². The highest BCUT2D eigenvalue weighted by atomic mass is 19.1. The minimum atomic E-state index is -0.666. The zero-order chi connectivity index (χ0) is 10.8. The van der Waals surface area contributed by atoms with Crippen molar-refractivity contribution in [2.24, 2.45) is 0 Å². The number of pyridine rings is 1. The lowest BCUT2D eigenvalue weighted by Crippen LogP contribution is -2.29. The number of halogens is 1. The standard InChI is InChI=1S/C10H11FN2O2/c11-9-5-7(1-3-12-9)10(15)13-4-2-8(14)6-13/h1,3,5,8,14H,2,4,6H2/t8-/m0/s1. The Bertz CT molecular complexity index is 383. The lowest BCUT2D eigenvalue weighted by atomic mass is 10.2. The van der Waals surface area contributed by atoms with Crippen LogP contribution in [-0.4, -0.2) is 40.1 Å². The summed E-state index contributed by atoms with van der Waals surface area (Å²) in [5, 5.41) is 9.27. The maximum Gasteiger partial charge on any atom is 0.254 e. The minimum Gasteiger partial charge on any atom is -0.391 e. The first-order valence-electron chi connectivity index (χ1n) is 4.76. The molecule has 0 unspecified atom stereocenters. The molecule has 0 aromatic carbocycles. The van der Waals surface area contributed by atoms with Crippen molar-refractivity contribution in [2.75, 3.05) is 13.1 Å². The maximum atomic E-state index is 12.8. The van der Waals surface area contributed by atoms with Gasteiger partial charge in [-0.25, -0.2) is 4.98 Å².